The van der Waals surface area contributed by atoms with Crippen molar-refractivity contribution in [1.82, 2.24) is 5.01 Å². The van der Waals surface area contributed by atoms with Crippen LogP contribution in [0.15, 0.2) is 47.6 Å². The van der Waals surface area contributed by atoms with Crippen molar-refractivity contribution in [2.75, 3.05) is 25.6 Å². The Balaban J connectivity index is 0.000000883. The molecule has 224 valence electrons. The van der Waals surface area contributed by atoms with E-state index in [-0.39, 0.29) is 37.1 Å². The fourth-order valence-electron chi connectivity index (χ4n) is 3.74. The van der Waals surface area contributed by atoms with Crippen molar-refractivity contribution in [3.05, 3.63) is 53.6 Å². The molecule has 10 nitrogen and oxygen atoms in total. The summed E-state index contributed by atoms with van der Waals surface area (Å²) in [5, 5.41) is 8.38. The van der Waals surface area contributed by atoms with Crippen molar-refractivity contribution in [1.29, 1.82) is 0 Å². The lowest BCUT2D eigenvalue weighted by Gasteiger charge is -2.29. The van der Waals surface area contributed by atoms with Gasteiger partial charge in [-0.25, -0.2) is 14.6 Å². The minimum Gasteiger partial charge on any atom is -0.493 e. The summed E-state index contributed by atoms with van der Waals surface area (Å²) in [5.41, 5.74) is 1.44. The maximum Gasteiger partial charge on any atom is 0.573 e. The first-order valence-corrected chi connectivity index (χ1v) is 13.0. The normalized spacial score (nSPS) is 14.7. The number of halogens is 4. The number of rotatable bonds is 9. The second-order valence-electron chi connectivity index (χ2n) is 8.37. The second-order valence-corrected chi connectivity index (χ2v) is 8.68. The highest BCUT2D eigenvalue weighted by Crippen LogP contribution is 2.35. The van der Waals surface area contributed by atoms with Crippen LogP contribution in [0.25, 0.3) is 0 Å². The number of carbonyl (C=O) groups excluding carboxylic acids is 3. The molecular formula is C27H31ClF3N3O7. The van der Waals surface area contributed by atoms with Crippen molar-refractivity contribution in [3.63, 3.8) is 0 Å². The Morgan fingerprint density at radius 1 is 1.05 bits per heavy atom. The SMILES string of the molecule is CCOC(=O)Cl.CCOC(=O)Nc1ccc(CN2N=C(c3ccc(OC)c(OC(F)(F)F)c3)C(CC)CC2=O)cc1. The standard InChI is InChI=1S/C24H26F3N3O5.C3H5ClO2/c1-4-16-13-21(31)30(14-15-6-9-18(10-7-15)28-23(32)34-5-2)29-22(16)17-8-11-19(33-3)20(12-17)35-24(25,26)27;1-2-6-3(4)5/h6-12,16H,4-5,13-14H2,1-3H3,(H,28,32);2H2,1H3. The van der Waals surface area contributed by atoms with Gasteiger partial charge >= 0.3 is 17.9 Å². The van der Waals surface area contributed by atoms with E-state index in [0.29, 0.717) is 30.0 Å². The maximum atomic E-state index is 12.9. The summed E-state index contributed by atoms with van der Waals surface area (Å²) >= 11 is 4.72. The molecule has 14 heteroatoms. The molecule has 0 saturated heterocycles. The van der Waals surface area contributed by atoms with Gasteiger partial charge in [-0.3, -0.25) is 10.1 Å². The molecule has 1 unspecified atom stereocenters. The van der Waals surface area contributed by atoms with Crippen LogP contribution < -0.4 is 14.8 Å². The van der Waals surface area contributed by atoms with Gasteiger partial charge in [0.2, 0.25) is 5.91 Å². The molecule has 3 rings (SSSR count). The van der Waals surface area contributed by atoms with E-state index in [9.17, 15) is 27.6 Å². The molecule has 41 heavy (non-hydrogen) atoms. The van der Waals surface area contributed by atoms with Crippen LogP contribution in [0.1, 0.15) is 44.7 Å². The van der Waals surface area contributed by atoms with Crippen LogP contribution in [0.2, 0.25) is 0 Å². The molecule has 0 spiro atoms. The molecule has 0 aromatic heterocycles. The first kappa shape index (κ1) is 33.2. The molecule has 2 aromatic carbocycles. The minimum absolute atomic E-state index is 0.0695. The summed E-state index contributed by atoms with van der Waals surface area (Å²) in [5.74, 6) is -1.01. The fourth-order valence-corrected chi connectivity index (χ4v) is 3.85. The van der Waals surface area contributed by atoms with Gasteiger partial charge in [0.1, 0.15) is 0 Å². The average molecular weight is 602 g/mol. The highest BCUT2D eigenvalue weighted by molar-refractivity contribution is 6.61. The number of ether oxygens (including phenoxy) is 4. The summed E-state index contributed by atoms with van der Waals surface area (Å²) in [6, 6.07) is 11.0. The molecule has 1 aliphatic rings. The number of methoxy groups -OCH3 is 1. The molecule has 0 bridgehead atoms. The van der Waals surface area contributed by atoms with Gasteiger partial charge in [0.05, 0.1) is 32.6 Å². The number of nitrogens with zero attached hydrogens (tertiary/aromatic N) is 2. The molecule has 0 radical (unpaired) electrons. The van der Waals surface area contributed by atoms with E-state index < -0.39 is 23.6 Å². The third-order valence-corrected chi connectivity index (χ3v) is 5.68. The van der Waals surface area contributed by atoms with Crippen molar-refractivity contribution in [2.45, 2.75) is 46.5 Å². The van der Waals surface area contributed by atoms with E-state index in [1.165, 1.54) is 24.3 Å². The topological polar surface area (TPSA) is 116 Å². The third-order valence-electron chi connectivity index (χ3n) is 5.57. The molecule has 1 aliphatic heterocycles. The Hall–Kier alpha value is -4.00. The highest BCUT2D eigenvalue weighted by Gasteiger charge is 2.34. The lowest BCUT2D eigenvalue weighted by molar-refractivity contribution is -0.275. The Morgan fingerprint density at radius 3 is 2.22 bits per heavy atom. The van der Waals surface area contributed by atoms with Gasteiger partial charge in [0.25, 0.3) is 0 Å². The lowest BCUT2D eigenvalue weighted by atomic mass is 9.89. The van der Waals surface area contributed by atoms with Crippen molar-refractivity contribution >= 4 is 40.4 Å². The third kappa shape index (κ3) is 10.8. The van der Waals surface area contributed by atoms with E-state index in [4.69, 9.17) is 21.1 Å². The summed E-state index contributed by atoms with van der Waals surface area (Å²) in [4.78, 5) is 33.9. The van der Waals surface area contributed by atoms with E-state index in [1.807, 2.05) is 6.92 Å². The fraction of sp³-hybridized carbons (Fsp3) is 0.407. The van der Waals surface area contributed by atoms with Crippen LogP contribution in [0, 0.1) is 5.92 Å². The number of alkyl halides is 3. The van der Waals surface area contributed by atoms with Crippen LogP contribution in [0.5, 0.6) is 11.5 Å². The number of benzene rings is 2. The highest BCUT2D eigenvalue weighted by atomic mass is 35.5. The molecule has 0 fully saturated rings. The zero-order valence-corrected chi connectivity index (χ0v) is 23.7. The van der Waals surface area contributed by atoms with Crippen LogP contribution in [0.4, 0.5) is 28.4 Å². The van der Waals surface area contributed by atoms with Gasteiger partial charge in [-0.05, 0) is 56.2 Å². The zero-order chi connectivity index (χ0) is 30.6. The predicted octanol–water partition coefficient (Wildman–Crippen LogP) is 6.71. The second kappa shape index (κ2) is 15.7. The minimum atomic E-state index is -4.89. The van der Waals surface area contributed by atoms with Crippen LogP contribution in [-0.2, 0) is 20.8 Å². The number of carbonyl (C=O) groups is 3. The number of anilines is 1. The number of hydrazone groups is 1. The van der Waals surface area contributed by atoms with Crippen molar-refractivity contribution in [3.8, 4) is 11.5 Å². The monoisotopic (exact) mass is 601 g/mol. The number of hydrogen-bond acceptors (Lipinski definition) is 8. The van der Waals surface area contributed by atoms with E-state index in [1.54, 1.807) is 44.2 Å². The molecule has 0 saturated carbocycles. The quantitative estimate of drug-likeness (QED) is 0.318. The lowest BCUT2D eigenvalue weighted by Crippen LogP contribution is -2.36. The summed E-state index contributed by atoms with van der Waals surface area (Å²) in [6.45, 7) is 6.03. The molecular weight excluding hydrogens is 571 g/mol. The summed E-state index contributed by atoms with van der Waals surface area (Å²) < 4.78 is 56.7. The Bertz CT molecular complexity index is 1220. The molecule has 1 heterocycles. The number of hydrogen-bond donors (Lipinski definition) is 1. The summed E-state index contributed by atoms with van der Waals surface area (Å²) in [7, 11) is 1.25. The van der Waals surface area contributed by atoms with Crippen LogP contribution in [-0.4, -0.2) is 54.8 Å². The molecule has 1 atom stereocenters. The molecule has 0 aliphatic carbocycles. The van der Waals surface area contributed by atoms with Gasteiger partial charge in [0.15, 0.2) is 11.5 Å². The first-order chi connectivity index (χ1) is 19.4. The van der Waals surface area contributed by atoms with Gasteiger partial charge in [-0.1, -0.05) is 19.1 Å². The maximum absolute atomic E-state index is 12.9. The van der Waals surface area contributed by atoms with E-state index >= 15 is 0 Å². The average Bonchev–Trinajstić information content (AvgIpc) is 2.90. The Kier molecular flexibility index (Phi) is 12.7. The number of nitrogens with one attached hydrogen (secondary N) is 1. The van der Waals surface area contributed by atoms with E-state index in [2.05, 4.69) is 19.9 Å². The van der Waals surface area contributed by atoms with Gasteiger partial charge in [0, 0.05) is 35.2 Å². The van der Waals surface area contributed by atoms with Crippen LogP contribution in [0.3, 0.4) is 0 Å². The smallest absolute Gasteiger partial charge is 0.493 e. The molecule has 2 amide bonds. The summed E-state index contributed by atoms with van der Waals surface area (Å²) in [6.07, 6.45) is -4.71. The van der Waals surface area contributed by atoms with Crippen molar-refractivity contribution < 1.29 is 46.5 Å². The Labute approximate surface area is 240 Å². The van der Waals surface area contributed by atoms with Crippen molar-refractivity contribution in [2.24, 2.45) is 11.0 Å². The van der Waals surface area contributed by atoms with Crippen LogP contribution >= 0.6 is 11.6 Å². The molecule has 2 aromatic rings. The first-order valence-electron chi connectivity index (χ1n) is 12.6. The largest absolute Gasteiger partial charge is 0.573 e. The zero-order valence-electron chi connectivity index (χ0n) is 22.9. The molecule has 1 N–H and O–H groups in total. The van der Waals surface area contributed by atoms with Gasteiger partial charge < -0.3 is 18.9 Å². The van der Waals surface area contributed by atoms with Gasteiger partial charge in [-0.15, -0.1) is 13.2 Å². The van der Waals surface area contributed by atoms with Gasteiger partial charge in [-0.2, -0.15) is 5.10 Å². The Morgan fingerprint density at radius 2 is 1.71 bits per heavy atom. The van der Waals surface area contributed by atoms with E-state index in [0.717, 1.165) is 5.56 Å². The predicted molar refractivity (Wildman–Crippen MR) is 145 cm³/mol. The number of amides is 2.